The van der Waals surface area contributed by atoms with Gasteiger partial charge in [0.05, 0.1) is 17.6 Å². The second-order valence-electron chi connectivity index (χ2n) is 5.67. The lowest BCUT2D eigenvalue weighted by atomic mass is 10.1. The molecule has 0 unspecified atom stereocenters. The van der Waals surface area contributed by atoms with Gasteiger partial charge in [0.2, 0.25) is 10.0 Å². The van der Waals surface area contributed by atoms with E-state index in [1.165, 1.54) is 25.3 Å². The molecule has 23 heavy (non-hydrogen) atoms. The normalized spacial score (nSPS) is 18.8. The average molecular weight is 341 g/mol. The van der Waals surface area contributed by atoms with Gasteiger partial charge in [-0.15, -0.1) is 0 Å². The molecule has 1 aliphatic heterocycles. The Kier molecular flexibility index (Phi) is 5.61. The van der Waals surface area contributed by atoms with E-state index in [4.69, 9.17) is 9.88 Å². The van der Waals surface area contributed by atoms with Gasteiger partial charge >= 0.3 is 0 Å². The number of ether oxygens (including phenoxy) is 1. The summed E-state index contributed by atoms with van der Waals surface area (Å²) in [6.45, 7) is 5.68. The first-order valence-corrected chi connectivity index (χ1v) is 9.11. The van der Waals surface area contributed by atoms with Gasteiger partial charge in [0, 0.05) is 13.1 Å². The van der Waals surface area contributed by atoms with Crippen LogP contribution in [-0.4, -0.2) is 52.5 Å². The van der Waals surface area contributed by atoms with Crippen molar-refractivity contribution in [3.8, 4) is 5.75 Å². The molecule has 7 nitrogen and oxygen atoms in total. The van der Waals surface area contributed by atoms with E-state index in [1.807, 2.05) is 0 Å². The maximum Gasteiger partial charge on any atom is 0.255 e. The SMILES string of the molecule is CCN1CC[C@@H](CNC(=O)c2cc(S(N)(=O)=O)ccc2OC)C1. The molecule has 0 aliphatic carbocycles. The van der Waals surface area contributed by atoms with Crippen LogP contribution in [0.2, 0.25) is 0 Å². The molecule has 1 atom stereocenters. The molecule has 0 radical (unpaired) electrons. The van der Waals surface area contributed by atoms with Crippen molar-refractivity contribution in [2.24, 2.45) is 11.1 Å². The van der Waals surface area contributed by atoms with Gasteiger partial charge in [0.15, 0.2) is 0 Å². The third kappa shape index (κ3) is 4.43. The number of likely N-dealkylation sites (tertiary alicyclic amines) is 1. The summed E-state index contributed by atoms with van der Waals surface area (Å²) < 4.78 is 28.0. The van der Waals surface area contributed by atoms with E-state index >= 15 is 0 Å². The topological polar surface area (TPSA) is 102 Å². The van der Waals surface area contributed by atoms with Crippen LogP contribution in [0.15, 0.2) is 23.1 Å². The number of hydrogen-bond donors (Lipinski definition) is 2. The highest BCUT2D eigenvalue weighted by molar-refractivity contribution is 7.89. The summed E-state index contributed by atoms with van der Waals surface area (Å²) in [5, 5.41) is 7.97. The van der Waals surface area contributed by atoms with Crippen LogP contribution in [0.1, 0.15) is 23.7 Å². The molecule has 0 aromatic heterocycles. The van der Waals surface area contributed by atoms with Crippen LogP contribution in [-0.2, 0) is 10.0 Å². The highest BCUT2D eigenvalue weighted by Gasteiger charge is 2.23. The Morgan fingerprint density at radius 3 is 2.78 bits per heavy atom. The zero-order valence-corrected chi connectivity index (χ0v) is 14.2. The zero-order valence-electron chi connectivity index (χ0n) is 13.4. The van der Waals surface area contributed by atoms with Crippen molar-refractivity contribution in [2.45, 2.75) is 18.2 Å². The number of benzene rings is 1. The van der Waals surface area contributed by atoms with Crippen LogP contribution >= 0.6 is 0 Å². The Bertz CT molecular complexity index is 675. The van der Waals surface area contributed by atoms with Crippen LogP contribution in [0.5, 0.6) is 5.75 Å². The largest absolute Gasteiger partial charge is 0.496 e. The third-order valence-electron chi connectivity index (χ3n) is 4.11. The highest BCUT2D eigenvalue weighted by Crippen LogP contribution is 2.22. The number of nitrogens with one attached hydrogen (secondary N) is 1. The summed E-state index contributed by atoms with van der Waals surface area (Å²) >= 11 is 0. The Balaban J connectivity index is 2.09. The Morgan fingerprint density at radius 1 is 1.48 bits per heavy atom. The molecular weight excluding hydrogens is 318 g/mol. The lowest BCUT2D eigenvalue weighted by molar-refractivity contribution is 0.0944. The van der Waals surface area contributed by atoms with E-state index in [9.17, 15) is 13.2 Å². The van der Waals surface area contributed by atoms with Crippen molar-refractivity contribution in [2.75, 3.05) is 33.3 Å². The van der Waals surface area contributed by atoms with Crippen molar-refractivity contribution >= 4 is 15.9 Å². The first-order valence-electron chi connectivity index (χ1n) is 7.56. The van der Waals surface area contributed by atoms with Gasteiger partial charge in [-0.2, -0.15) is 0 Å². The summed E-state index contributed by atoms with van der Waals surface area (Å²) in [6, 6.07) is 4.00. The third-order valence-corrected chi connectivity index (χ3v) is 5.02. The molecule has 1 heterocycles. The van der Waals surface area contributed by atoms with E-state index < -0.39 is 10.0 Å². The summed E-state index contributed by atoms with van der Waals surface area (Å²) in [7, 11) is -2.44. The molecule has 1 amide bonds. The molecule has 1 aliphatic rings. The Labute approximate surface area is 136 Å². The molecule has 1 aromatic carbocycles. The van der Waals surface area contributed by atoms with E-state index in [-0.39, 0.29) is 16.4 Å². The number of methoxy groups -OCH3 is 1. The van der Waals surface area contributed by atoms with Gasteiger partial charge < -0.3 is 15.0 Å². The van der Waals surface area contributed by atoms with Gasteiger partial charge in [-0.1, -0.05) is 6.92 Å². The van der Waals surface area contributed by atoms with E-state index in [1.54, 1.807) is 0 Å². The van der Waals surface area contributed by atoms with Crippen molar-refractivity contribution in [3.05, 3.63) is 23.8 Å². The zero-order chi connectivity index (χ0) is 17.0. The van der Waals surface area contributed by atoms with E-state index in [2.05, 4.69) is 17.1 Å². The Hall–Kier alpha value is -1.64. The quantitative estimate of drug-likeness (QED) is 0.780. The van der Waals surface area contributed by atoms with Gasteiger partial charge in [0.25, 0.3) is 5.91 Å². The molecule has 2 rings (SSSR count). The van der Waals surface area contributed by atoms with Crippen LogP contribution in [0, 0.1) is 5.92 Å². The van der Waals surface area contributed by atoms with E-state index in [0.29, 0.717) is 18.2 Å². The molecule has 0 bridgehead atoms. The van der Waals surface area contributed by atoms with Crippen LogP contribution < -0.4 is 15.2 Å². The number of carbonyl (C=O) groups excluding carboxylic acids is 1. The lowest BCUT2D eigenvalue weighted by Gasteiger charge is -2.15. The molecule has 3 N–H and O–H groups in total. The highest BCUT2D eigenvalue weighted by atomic mass is 32.2. The maximum atomic E-state index is 12.4. The van der Waals surface area contributed by atoms with Gasteiger partial charge in [0.1, 0.15) is 5.75 Å². The lowest BCUT2D eigenvalue weighted by Crippen LogP contribution is -2.31. The minimum absolute atomic E-state index is 0.110. The van der Waals surface area contributed by atoms with Gasteiger partial charge in [-0.3, -0.25) is 4.79 Å². The van der Waals surface area contributed by atoms with Crippen molar-refractivity contribution in [1.29, 1.82) is 0 Å². The number of sulfonamides is 1. The first kappa shape index (κ1) is 17.7. The first-order chi connectivity index (χ1) is 10.8. The van der Waals surface area contributed by atoms with Crippen molar-refractivity contribution in [1.82, 2.24) is 10.2 Å². The molecule has 1 saturated heterocycles. The molecule has 1 aromatic rings. The van der Waals surface area contributed by atoms with Crippen LogP contribution in [0.3, 0.4) is 0 Å². The second-order valence-corrected chi connectivity index (χ2v) is 7.23. The molecule has 0 saturated carbocycles. The number of amides is 1. The number of primary sulfonamides is 1. The summed E-state index contributed by atoms with van der Waals surface area (Å²) in [4.78, 5) is 14.6. The fourth-order valence-electron chi connectivity index (χ4n) is 2.74. The predicted molar refractivity (Wildman–Crippen MR) is 86.9 cm³/mol. The number of rotatable bonds is 6. The maximum absolute atomic E-state index is 12.4. The fraction of sp³-hybridized carbons (Fsp3) is 0.533. The van der Waals surface area contributed by atoms with Crippen LogP contribution in [0.4, 0.5) is 0 Å². The Morgan fingerprint density at radius 2 is 2.22 bits per heavy atom. The molecule has 1 fully saturated rings. The molecule has 128 valence electrons. The molecule has 8 heteroatoms. The average Bonchev–Trinajstić information content (AvgIpc) is 2.99. The van der Waals surface area contributed by atoms with Gasteiger partial charge in [-0.25, -0.2) is 13.6 Å². The fourth-order valence-corrected chi connectivity index (χ4v) is 3.28. The number of nitrogens with two attached hydrogens (primary N) is 1. The predicted octanol–water partition coefficient (Wildman–Crippen LogP) is 0.414. The van der Waals surface area contributed by atoms with Gasteiger partial charge in [-0.05, 0) is 43.6 Å². The number of nitrogens with zero attached hydrogens (tertiary/aromatic N) is 1. The summed E-state index contributed by atoms with van der Waals surface area (Å²) in [6.07, 6.45) is 1.04. The number of hydrogen-bond acceptors (Lipinski definition) is 5. The van der Waals surface area contributed by atoms with E-state index in [0.717, 1.165) is 26.1 Å². The summed E-state index contributed by atoms with van der Waals surface area (Å²) in [5.41, 5.74) is 0.171. The van der Waals surface area contributed by atoms with Crippen LogP contribution in [0.25, 0.3) is 0 Å². The van der Waals surface area contributed by atoms with Crippen molar-refractivity contribution in [3.63, 3.8) is 0 Å². The molecule has 0 spiro atoms. The number of carbonyl (C=O) groups is 1. The standard InChI is InChI=1S/C15H23N3O4S/c1-3-18-7-6-11(10-18)9-17-15(19)13-8-12(23(16,20)21)4-5-14(13)22-2/h4-5,8,11H,3,6-7,9-10H2,1-2H3,(H,17,19)(H2,16,20,21)/t11-/m0/s1. The summed E-state index contributed by atoms with van der Waals surface area (Å²) in [5.74, 6) is 0.366. The van der Waals surface area contributed by atoms with Crippen molar-refractivity contribution < 1.29 is 17.9 Å². The minimum Gasteiger partial charge on any atom is -0.496 e. The smallest absolute Gasteiger partial charge is 0.255 e. The molecular formula is C15H23N3O4S. The second kappa shape index (κ2) is 7.29. The monoisotopic (exact) mass is 341 g/mol. The minimum atomic E-state index is -3.87.